The fourth-order valence-electron chi connectivity index (χ4n) is 7.16. The van der Waals surface area contributed by atoms with Gasteiger partial charge in [0.1, 0.15) is 5.82 Å². The van der Waals surface area contributed by atoms with Crippen molar-refractivity contribution >= 4 is 32.6 Å². The molecule has 0 aliphatic heterocycles. The van der Waals surface area contributed by atoms with Crippen molar-refractivity contribution in [2.45, 2.75) is 0 Å². The second-order valence-corrected chi connectivity index (χ2v) is 11.9. The van der Waals surface area contributed by atoms with Crippen molar-refractivity contribution in [2.75, 3.05) is 0 Å². The van der Waals surface area contributed by atoms with Crippen LogP contribution in [-0.4, -0.2) is 24.5 Å². The first kappa shape index (κ1) is 25.8. The Kier molecular flexibility index (Phi) is 5.51. The third-order valence-corrected chi connectivity index (χ3v) is 9.24. The van der Waals surface area contributed by atoms with Crippen LogP contribution in [0.15, 0.2) is 152 Å². The van der Waals surface area contributed by atoms with Gasteiger partial charge in [0.05, 0.1) is 11.0 Å². The summed E-state index contributed by atoms with van der Waals surface area (Å²) < 4.78 is 2.29. The van der Waals surface area contributed by atoms with E-state index in [1.54, 1.807) is 0 Å². The highest BCUT2D eigenvalue weighted by Crippen LogP contribution is 2.49. The normalized spacial score (nSPS) is 11.8. The monoisotopic (exact) mass is 599 g/mol. The third kappa shape index (κ3) is 3.90. The van der Waals surface area contributed by atoms with Crippen molar-refractivity contribution in [3.8, 4) is 62.2 Å². The number of pyridine rings is 1. The lowest BCUT2D eigenvalue weighted by Crippen LogP contribution is -2.01. The topological polar surface area (TPSA) is 56.5 Å². The predicted octanol–water partition coefficient (Wildman–Crippen LogP) is 10.2. The van der Waals surface area contributed by atoms with E-state index in [-0.39, 0.29) is 0 Å². The molecule has 47 heavy (non-hydrogen) atoms. The minimum Gasteiger partial charge on any atom is -0.294 e. The standard InChI is InChI=1S/C42H25N5/c1-3-11-27(12-4-1)40-44-41(28-13-5-2-6-14-28)46-42(45-40)29-22-24-36(43-25-29)47-34-20-10-19-33-31-17-8-7-16-30(31)32-18-9-15-26-21-23-35(47)39(37(26)32)38(33)34/h1-25H. The molecule has 0 atom stereocenters. The van der Waals surface area contributed by atoms with E-state index in [2.05, 4.69) is 89.5 Å². The smallest absolute Gasteiger partial charge is 0.165 e. The Hall–Kier alpha value is -6.46. The van der Waals surface area contributed by atoms with E-state index in [0.29, 0.717) is 17.5 Å². The maximum absolute atomic E-state index is 5.06. The SMILES string of the molecule is c1ccc(-c2nc(-c3ccccc3)nc(-c3ccc(-n4c5cccc6c5c5c7c(cccc7ccc54)-c4ccccc4-6)nc3)n2)cc1. The van der Waals surface area contributed by atoms with Gasteiger partial charge in [0.15, 0.2) is 17.5 Å². The second kappa shape index (κ2) is 10.0. The second-order valence-electron chi connectivity index (χ2n) is 11.9. The highest BCUT2D eigenvalue weighted by molar-refractivity contribution is 6.30. The molecule has 0 fully saturated rings. The van der Waals surface area contributed by atoms with Crippen LogP contribution in [-0.2, 0) is 0 Å². The zero-order chi connectivity index (χ0) is 30.9. The Balaban J connectivity index is 1.18. The number of benzene rings is 6. The molecule has 1 aliphatic carbocycles. The van der Waals surface area contributed by atoms with Crippen molar-refractivity contribution in [2.24, 2.45) is 0 Å². The van der Waals surface area contributed by atoms with Gasteiger partial charge < -0.3 is 0 Å². The molecule has 0 saturated heterocycles. The summed E-state index contributed by atoms with van der Waals surface area (Å²) in [6.45, 7) is 0. The Morgan fingerprint density at radius 3 is 1.55 bits per heavy atom. The van der Waals surface area contributed by atoms with E-state index < -0.39 is 0 Å². The first-order chi connectivity index (χ1) is 23.3. The molecule has 1 aliphatic rings. The number of hydrogen-bond donors (Lipinski definition) is 0. The summed E-state index contributed by atoms with van der Waals surface area (Å²) in [5.74, 6) is 2.69. The fourth-order valence-corrected chi connectivity index (χ4v) is 7.16. The van der Waals surface area contributed by atoms with E-state index in [9.17, 15) is 0 Å². The Morgan fingerprint density at radius 2 is 0.915 bits per heavy atom. The van der Waals surface area contributed by atoms with Gasteiger partial charge in [-0.1, -0.05) is 121 Å². The summed E-state index contributed by atoms with van der Waals surface area (Å²) in [6.07, 6.45) is 1.88. The molecular weight excluding hydrogens is 574 g/mol. The number of nitrogens with zero attached hydrogens (tertiary/aromatic N) is 5. The van der Waals surface area contributed by atoms with Gasteiger partial charge in [-0.05, 0) is 57.3 Å². The zero-order valence-electron chi connectivity index (χ0n) is 25.2. The van der Waals surface area contributed by atoms with Crippen LogP contribution in [0.25, 0.3) is 94.8 Å². The van der Waals surface area contributed by atoms with E-state index in [4.69, 9.17) is 19.9 Å². The van der Waals surface area contributed by atoms with Gasteiger partial charge in [0, 0.05) is 33.7 Å². The summed E-state index contributed by atoms with van der Waals surface area (Å²) in [7, 11) is 0. The van der Waals surface area contributed by atoms with E-state index >= 15 is 0 Å². The van der Waals surface area contributed by atoms with Crippen LogP contribution < -0.4 is 0 Å². The molecule has 10 rings (SSSR count). The summed E-state index contributed by atoms with van der Waals surface area (Å²) in [5.41, 5.74) is 10.0. The van der Waals surface area contributed by atoms with Crippen molar-refractivity contribution in [1.29, 1.82) is 0 Å². The summed E-state index contributed by atoms with van der Waals surface area (Å²) in [4.78, 5) is 19.7. The molecule has 3 aromatic heterocycles. The van der Waals surface area contributed by atoms with Crippen LogP contribution in [0.1, 0.15) is 0 Å². The molecule has 6 aromatic carbocycles. The minimum absolute atomic E-state index is 0.586. The summed E-state index contributed by atoms with van der Waals surface area (Å²) in [5, 5.41) is 5.05. The average Bonchev–Trinajstić information content (AvgIpc) is 3.43. The molecule has 5 heteroatoms. The van der Waals surface area contributed by atoms with Gasteiger partial charge in [-0.15, -0.1) is 0 Å². The van der Waals surface area contributed by atoms with Crippen LogP contribution in [0.5, 0.6) is 0 Å². The number of aromatic nitrogens is 5. The Bertz CT molecular complexity index is 2600. The molecule has 0 spiro atoms. The number of hydrogen-bond acceptors (Lipinski definition) is 4. The van der Waals surface area contributed by atoms with Gasteiger partial charge in [-0.2, -0.15) is 0 Å². The largest absolute Gasteiger partial charge is 0.294 e. The molecule has 9 aromatic rings. The van der Waals surface area contributed by atoms with Crippen LogP contribution in [0.4, 0.5) is 0 Å². The van der Waals surface area contributed by atoms with Gasteiger partial charge >= 0.3 is 0 Å². The third-order valence-electron chi connectivity index (χ3n) is 9.24. The molecule has 5 nitrogen and oxygen atoms in total. The van der Waals surface area contributed by atoms with Crippen LogP contribution in [0, 0.1) is 0 Å². The fraction of sp³-hybridized carbons (Fsp3) is 0. The highest BCUT2D eigenvalue weighted by Gasteiger charge is 2.24. The van der Waals surface area contributed by atoms with Gasteiger partial charge in [0.25, 0.3) is 0 Å². The van der Waals surface area contributed by atoms with Gasteiger partial charge in [0.2, 0.25) is 0 Å². The molecule has 0 amide bonds. The number of fused-ring (bicyclic) bond motifs is 3. The Labute approximate surface area is 270 Å². The maximum Gasteiger partial charge on any atom is 0.165 e. The van der Waals surface area contributed by atoms with Crippen molar-refractivity contribution in [1.82, 2.24) is 24.5 Å². The van der Waals surface area contributed by atoms with Gasteiger partial charge in [-0.3, -0.25) is 4.57 Å². The maximum atomic E-state index is 5.06. The van der Waals surface area contributed by atoms with Crippen LogP contribution in [0.2, 0.25) is 0 Å². The molecular formula is C42H25N5. The van der Waals surface area contributed by atoms with Crippen molar-refractivity contribution in [3.05, 3.63) is 152 Å². The lowest BCUT2D eigenvalue weighted by atomic mass is 9.93. The minimum atomic E-state index is 0.586. The van der Waals surface area contributed by atoms with Crippen molar-refractivity contribution in [3.63, 3.8) is 0 Å². The van der Waals surface area contributed by atoms with E-state index in [0.717, 1.165) is 33.5 Å². The predicted molar refractivity (Wildman–Crippen MR) is 190 cm³/mol. The van der Waals surface area contributed by atoms with E-state index in [1.807, 2.05) is 66.9 Å². The molecule has 0 unspecified atom stereocenters. The molecule has 0 bridgehead atoms. The molecule has 0 radical (unpaired) electrons. The van der Waals surface area contributed by atoms with Crippen LogP contribution >= 0.6 is 0 Å². The lowest BCUT2D eigenvalue weighted by Gasteiger charge is -2.13. The highest BCUT2D eigenvalue weighted by atomic mass is 15.1. The lowest BCUT2D eigenvalue weighted by molar-refractivity contribution is 1.05. The molecule has 0 saturated carbocycles. The summed E-state index contributed by atoms with van der Waals surface area (Å²) >= 11 is 0. The zero-order valence-corrected chi connectivity index (χ0v) is 25.2. The number of rotatable bonds is 4. The van der Waals surface area contributed by atoms with E-state index in [1.165, 1.54) is 43.8 Å². The average molecular weight is 600 g/mol. The molecule has 0 N–H and O–H groups in total. The van der Waals surface area contributed by atoms with Crippen molar-refractivity contribution < 1.29 is 0 Å². The first-order valence-electron chi connectivity index (χ1n) is 15.7. The summed E-state index contributed by atoms with van der Waals surface area (Å²) in [6, 6.07) is 50.7. The molecule has 3 heterocycles. The first-order valence-corrected chi connectivity index (χ1v) is 15.7. The van der Waals surface area contributed by atoms with Gasteiger partial charge in [-0.25, -0.2) is 19.9 Å². The quantitative estimate of drug-likeness (QED) is 0.202. The molecule has 218 valence electrons. The van der Waals surface area contributed by atoms with Crippen LogP contribution in [0.3, 0.4) is 0 Å². The Morgan fingerprint density at radius 1 is 0.362 bits per heavy atom.